The van der Waals surface area contributed by atoms with Crippen LogP contribution in [0.25, 0.3) is 5.65 Å². The van der Waals surface area contributed by atoms with E-state index in [1.165, 1.54) is 42.8 Å². The number of nitrogens with one attached hydrogen (secondary N) is 1. The molecule has 0 radical (unpaired) electrons. The van der Waals surface area contributed by atoms with Crippen LogP contribution in [0.5, 0.6) is 0 Å². The lowest BCUT2D eigenvalue weighted by molar-refractivity contribution is -0.646. The standard InChI is InChI=1S/C24H26N10O7S3/c1-9-15(25)30-23(34-17(9)32(4)8-27-34)44-6-10-5-42-19-13(18(36)33(19)14(10)20(37)38)29-16(35)12(11-7-43-22(26)28-11)31-41-24(2,3)21(39)40/h7-8,13,19,25H,5-6H2,1-4H3,(H5,26,28,29,35,37,38,39,40)/p+1/b31-12-/t13?,19-/m1/s1. The Morgan fingerprint density at radius 1 is 1.30 bits per heavy atom. The Kier molecular flexibility index (Phi) is 8.16. The number of carboxylic acid groups (broad SMARTS) is 2. The number of fused-ring (bicyclic) bond motifs is 2. The summed E-state index contributed by atoms with van der Waals surface area (Å²) in [5, 5.41) is 31.4. The second-order valence-electron chi connectivity index (χ2n) is 10.2. The van der Waals surface area contributed by atoms with Gasteiger partial charge in [0, 0.05) is 22.0 Å². The van der Waals surface area contributed by atoms with Crippen LogP contribution in [0.3, 0.4) is 0 Å². The molecular weight excluding hydrogens is 637 g/mol. The minimum absolute atomic E-state index is 0.0155. The van der Waals surface area contributed by atoms with Gasteiger partial charge in [0.25, 0.3) is 28.9 Å². The number of nitrogen functional groups attached to an aromatic ring is 2. The number of nitrogens with zero attached hydrogens (tertiary/aromatic N) is 7. The third-order valence-corrected chi connectivity index (χ3v) is 9.79. The maximum atomic E-state index is 13.3. The topological polar surface area (TPSA) is 245 Å². The first-order valence-electron chi connectivity index (χ1n) is 12.7. The number of hydrogen-bond donors (Lipinski definition) is 5. The van der Waals surface area contributed by atoms with Crippen molar-refractivity contribution in [2.75, 3.05) is 23.0 Å². The Labute approximate surface area is 261 Å². The van der Waals surface area contributed by atoms with Gasteiger partial charge in [-0.3, -0.25) is 14.5 Å². The molecule has 5 heterocycles. The number of aromatic nitrogens is 5. The second-order valence-corrected chi connectivity index (χ2v) is 13.1. The normalized spacial score (nSPS) is 18.7. The first-order chi connectivity index (χ1) is 20.7. The fraction of sp³-hybridized carbons (Fsp3) is 0.375. The van der Waals surface area contributed by atoms with Crippen molar-refractivity contribution >= 4 is 80.9 Å². The zero-order chi connectivity index (χ0) is 32.1. The Morgan fingerprint density at radius 3 is 2.66 bits per heavy atom. The SMILES string of the molecule is Cc1c(N)nc(SCC2=C(C(=O)O)N3C(=O)C(NC(=O)/C(=N\OC(C)(C)C(=O)O)c4csc(N)n4)[C@H]3SC2)n2nc[n+](C)c12. The zero-order valence-corrected chi connectivity index (χ0v) is 26.1. The van der Waals surface area contributed by atoms with Gasteiger partial charge in [-0.25, -0.2) is 19.1 Å². The van der Waals surface area contributed by atoms with Gasteiger partial charge >= 0.3 is 11.9 Å². The quantitative estimate of drug-likeness (QED) is 0.0463. The van der Waals surface area contributed by atoms with Crippen molar-refractivity contribution in [2.24, 2.45) is 12.2 Å². The van der Waals surface area contributed by atoms with Crippen molar-refractivity contribution in [1.29, 1.82) is 0 Å². The highest BCUT2D eigenvalue weighted by Crippen LogP contribution is 2.41. The molecule has 232 valence electrons. The van der Waals surface area contributed by atoms with Crippen LogP contribution in [0, 0.1) is 6.92 Å². The van der Waals surface area contributed by atoms with Gasteiger partial charge in [0.05, 0.1) is 12.6 Å². The molecule has 1 fully saturated rings. The molecule has 3 aromatic rings. The molecule has 2 aliphatic rings. The number of hydrogen-bond acceptors (Lipinski definition) is 14. The number of thiazole rings is 1. The number of carboxylic acids is 2. The maximum absolute atomic E-state index is 13.3. The predicted octanol–water partition coefficient (Wildman–Crippen LogP) is -0.402. The van der Waals surface area contributed by atoms with Gasteiger partial charge in [0.2, 0.25) is 5.60 Å². The summed E-state index contributed by atoms with van der Waals surface area (Å²) in [4.78, 5) is 65.1. The van der Waals surface area contributed by atoms with E-state index in [-0.39, 0.29) is 28.0 Å². The van der Waals surface area contributed by atoms with Crippen LogP contribution in [0.4, 0.5) is 10.9 Å². The van der Waals surface area contributed by atoms with Crippen LogP contribution in [-0.2, 0) is 31.1 Å². The number of carbonyl (C=O) groups excluding carboxylic acids is 2. The zero-order valence-electron chi connectivity index (χ0n) is 23.7. The smallest absolute Gasteiger partial charge is 0.352 e. The number of anilines is 2. The van der Waals surface area contributed by atoms with E-state index in [1.54, 1.807) is 15.4 Å². The minimum Gasteiger partial charge on any atom is -0.478 e. The van der Waals surface area contributed by atoms with E-state index < -0.39 is 46.5 Å². The highest BCUT2D eigenvalue weighted by Gasteiger charge is 2.54. The highest BCUT2D eigenvalue weighted by molar-refractivity contribution is 8.01. The van der Waals surface area contributed by atoms with Crippen molar-refractivity contribution in [3.8, 4) is 0 Å². The third kappa shape index (κ3) is 5.50. The van der Waals surface area contributed by atoms with Gasteiger partial charge in [0.1, 0.15) is 28.6 Å². The largest absolute Gasteiger partial charge is 0.478 e. The van der Waals surface area contributed by atoms with Crippen molar-refractivity contribution in [2.45, 2.75) is 42.9 Å². The lowest BCUT2D eigenvalue weighted by Gasteiger charge is -2.49. The fourth-order valence-corrected chi connectivity index (χ4v) is 7.33. The molecular formula is C24H27N10O7S3+. The number of thioether (sulfide) groups is 2. The summed E-state index contributed by atoms with van der Waals surface area (Å²) in [5.41, 5.74) is 11.4. The van der Waals surface area contributed by atoms with E-state index >= 15 is 0 Å². The van der Waals surface area contributed by atoms with E-state index in [4.69, 9.17) is 16.3 Å². The molecule has 0 aliphatic carbocycles. The third-order valence-electron chi connectivity index (χ3n) is 6.76. The van der Waals surface area contributed by atoms with Crippen molar-refractivity contribution in [1.82, 2.24) is 29.8 Å². The summed E-state index contributed by atoms with van der Waals surface area (Å²) in [6, 6.07) is -1.09. The summed E-state index contributed by atoms with van der Waals surface area (Å²) < 4.78 is 3.42. The van der Waals surface area contributed by atoms with Crippen LogP contribution in [0.1, 0.15) is 25.1 Å². The summed E-state index contributed by atoms with van der Waals surface area (Å²) in [5.74, 6) is -3.37. The molecule has 3 aromatic heterocycles. The molecule has 0 aromatic carbocycles. The Morgan fingerprint density at radius 2 is 2.02 bits per heavy atom. The molecule has 1 unspecified atom stereocenters. The number of aliphatic carboxylic acids is 2. The molecule has 44 heavy (non-hydrogen) atoms. The highest BCUT2D eigenvalue weighted by atomic mass is 32.2. The van der Waals surface area contributed by atoms with Gasteiger partial charge in [-0.2, -0.15) is 4.98 Å². The average molecular weight is 664 g/mol. The van der Waals surface area contributed by atoms with Crippen LogP contribution in [-0.4, -0.2) is 92.7 Å². The van der Waals surface area contributed by atoms with Gasteiger partial charge in [0.15, 0.2) is 10.8 Å². The first kappa shape index (κ1) is 31.0. The number of amides is 2. The molecule has 7 N–H and O–H groups in total. The molecule has 0 spiro atoms. The number of carbonyl (C=O) groups is 4. The summed E-state index contributed by atoms with van der Waals surface area (Å²) in [7, 11) is 1.82. The van der Waals surface area contributed by atoms with E-state index in [9.17, 15) is 29.4 Å². The molecule has 2 amide bonds. The van der Waals surface area contributed by atoms with Gasteiger partial charge in [-0.1, -0.05) is 16.9 Å². The van der Waals surface area contributed by atoms with Crippen LogP contribution in [0.15, 0.2) is 33.3 Å². The second kappa shape index (κ2) is 11.6. The van der Waals surface area contributed by atoms with Crippen LogP contribution >= 0.6 is 34.9 Å². The molecule has 5 rings (SSSR count). The number of nitrogens with two attached hydrogens (primary N) is 2. The molecule has 17 nitrogen and oxygen atoms in total. The minimum atomic E-state index is -1.77. The average Bonchev–Trinajstić information content (AvgIpc) is 3.57. The van der Waals surface area contributed by atoms with Gasteiger partial charge in [-0.05, 0) is 30.9 Å². The lowest BCUT2D eigenvalue weighted by atomic mass is 10.0. The molecule has 0 bridgehead atoms. The number of β-lactam (4-membered cyclic amide) rings is 1. The summed E-state index contributed by atoms with van der Waals surface area (Å²) in [6.07, 6.45) is 1.61. The van der Waals surface area contributed by atoms with E-state index in [0.717, 1.165) is 27.4 Å². The number of rotatable bonds is 10. The van der Waals surface area contributed by atoms with Crippen LogP contribution < -0.4 is 21.4 Å². The number of oxime groups is 1. The van der Waals surface area contributed by atoms with Gasteiger partial charge in [-0.15, -0.1) is 23.1 Å². The predicted molar refractivity (Wildman–Crippen MR) is 160 cm³/mol. The summed E-state index contributed by atoms with van der Waals surface area (Å²) in [6.45, 7) is 4.31. The lowest BCUT2D eigenvalue weighted by Crippen LogP contribution is -2.71. The van der Waals surface area contributed by atoms with Crippen molar-refractivity contribution in [3.05, 3.63) is 34.2 Å². The fourth-order valence-electron chi connectivity index (χ4n) is 4.35. The molecule has 2 aliphatic heterocycles. The number of aryl methyl sites for hydroxylation is 2. The monoisotopic (exact) mass is 663 g/mol. The molecule has 20 heteroatoms. The molecule has 1 saturated heterocycles. The Bertz CT molecular complexity index is 1780. The van der Waals surface area contributed by atoms with E-state index in [1.807, 2.05) is 14.0 Å². The summed E-state index contributed by atoms with van der Waals surface area (Å²) >= 11 is 3.53. The maximum Gasteiger partial charge on any atom is 0.352 e. The Balaban J connectivity index is 1.35. The molecule has 0 saturated carbocycles. The van der Waals surface area contributed by atoms with Crippen molar-refractivity contribution < 1.29 is 38.8 Å². The van der Waals surface area contributed by atoms with Gasteiger partial charge < -0.3 is 31.8 Å². The molecule has 2 atom stereocenters. The van der Waals surface area contributed by atoms with Crippen LogP contribution in [0.2, 0.25) is 0 Å². The van der Waals surface area contributed by atoms with Crippen molar-refractivity contribution in [3.63, 3.8) is 0 Å². The first-order valence-corrected chi connectivity index (χ1v) is 15.7. The van der Waals surface area contributed by atoms with E-state index in [2.05, 4.69) is 25.5 Å². The Hall–Kier alpha value is -4.43. The van der Waals surface area contributed by atoms with E-state index in [0.29, 0.717) is 16.5 Å².